The molecule has 322 valence electrons. The van der Waals surface area contributed by atoms with Gasteiger partial charge in [0.25, 0.3) is 0 Å². The lowest BCUT2D eigenvalue weighted by Crippen LogP contribution is -2.29. The second kappa shape index (κ2) is 42.1. The molecule has 2 unspecified atom stereocenters. The molecule has 0 spiro atoms. The minimum Gasteiger partial charge on any atom is -0.462 e. The van der Waals surface area contributed by atoms with Crippen LogP contribution >= 0.6 is 7.82 Å². The molecule has 0 rings (SSSR count). The van der Waals surface area contributed by atoms with Crippen molar-refractivity contribution >= 4 is 19.8 Å². The van der Waals surface area contributed by atoms with Gasteiger partial charge in [-0.25, -0.2) is 4.57 Å². The van der Waals surface area contributed by atoms with Gasteiger partial charge in [0, 0.05) is 19.4 Å². The van der Waals surface area contributed by atoms with Crippen molar-refractivity contribution in [1.82, 2.24) is 5.32 Å². The molecule has 0 aromatic rings. The maximum absolute atomic E-state index is 12.6. The minimum absolute atomic E-state index is 0.0302. The zero-order chi connectivity index (χ0) is 41.1. The van der Waals surface area contributed by atoms with Gasteiger partial charge in [0.1, 0.15) is 6.61 Å². The summed E-state index contributed by atoms with van der Waals surface area (Å²) in [5.74, 6) is -0.906. The molecule has 0 radical (unpaired) electrons. The Hall–Kier alpha value is -2.55. The molecule has 0 aliphatic heterocycles. The highest BCUT2D eigenvalue weighted by molar-refractivity contribution is 7.47. The summed E-state index contributed by atoms with van der Waals surface area (Å²) in [6, 6.07) is 0. The minimum atomic E-state index is -4.37. The highest BCUT2D eigenvalue weighted by Gasteiger charge is 2.26. The molecule has 2 atom stereocenters. The summed E-state index contributed by atoms with van der Waals surface area (Å²) < 4.78 is 33.1. The van der Waals surface area contributed by atoms with Crippen LogP contribution in [0.25, 0.3) is 0 Å². The Morgan fingerprint density at radius 2 is 1.02 bits per heavy atom. The Bertz CT molecular complexity index is 1150. The maximum atomic E-state index is 12.6. The zero-order valence-electron chi connectivity index (χ0n) is 35.6. The number of ether oxygens (including phenoxy) is 2. The lowest BCUT2D eigenvalue weighted by molar-refractivity contribution is -0.161. The molecule has 0 saturated carbocycles. The molecule has 10 heteroatoms. The Morgan fingerprint density at radius 1 is 0.571 bits per heavy atom. The first-order valence-corrected chi connectivity index (χ1v) is 23.4. The van der Waals surface area contributed by atoms with Gasteiger partial charge in [0.05, 0.1) is 13.2 Å². The van der Waals surface area contributed by atoms with Crippen molar-refractivity contribution in [3.63, 3.8) is 0 Å². The van der Waals surface area contributed by atoms with Crippen LogP contribution in [0.1, 0.15) is 168 Å². The number of allylic oxidation sites excluding steroid dienone is 12. The van der Waals surface area contributed by atoms with Crippen molar-refractivity contribution in [1.29, 1.82) is 0 Å². The van der Waals surface area contributed by atoms with Crippen LogP contribution in [0, 0.1) is 0 Å². The normalized spacial score (nSPS) is 14.0. The maximum Gasteiger partial charge on any atom is 0.472 e. The summed E-state index contributed by atoms with van der Waals surface area (Å²) in [6.45, 7) is 4.02. The van der Waals surface area contributed by atoms with E-state index >= 15 is 0 Å². The molecule has 0 saturated heterocycles. The number of hydrogen-bond acceptors (Lipinski definition) is 8. The van der Waals surface area contributed by atoms with Gasteiger partial charge in [-0.1, -0.05) is 177 Å². The van der Waals surface area contributed by atoms with Gasteiger partial charge in [-0.2, -0.15) is 0 Å². The second-order valence-corrected chi connectivity index (χ2v) is 15.6. The van der Waals surface area contributed by atoms with Crippen LogP contribution in [0.5, 0.6) is 0 Å². The zero-order valence-corrected chi connectivity index (χ0v) is 36.5. The molecule has 0 bridgehead atoms. The molecular formula is C46H80NO8P. The second-order valence-electron chi connectivity index (χ2n) is 14.1. The molecule has 0 aliphatic rings. The largest absolute Gasteiger partial charge is 0.472 e. The van der Waals surface area contributed by atoms with Crippen LogP contribution in [0.3, 0.4) is 0 Å². The Kier molecular flexibility index (Phi) is 40.2. The molecule has 2 N–H and O–H groups in total. The number of carbonyl (C=O) groups excluding carboxylic acids is 2. The van der Waals surface area contributed by atoms with E-state index in [0.717, 1.165) is 57.8 Å². The van der Waals surface area contributed by atoms with Gasteiger partial charge in [-0.05, 0) is 58.4 Å². The fourth-order valence-electron chi connectivity index (χ4n) is 5.58. The molecule has 56 heavy (non-hydrogen) atoms. The average Bonchev–Trinajstić information content (AvgIpc) is 3.18. The van der Waals surface area contributed by atoms with Gasteiger partial charge in [0.15, 0.2) is 6.10 Å². The van der Waals surface area contributed by atoms with Crippen LogP contribution in [-0.4, -0.2) is 56.3 Å². The highest BCUT2D eigenvalue weighted by Crippen LogP contribution is 2.43. The summed E-state index contributed by atoms with van der Waals surface area (Å²) in [5.41, 5.74) is 0. The van der Waals surface area contributed by atoms with E-state index in [0.29, 0.717) is 19.4 Å². The van der Waals surface area contributed by atoms with Gasteiger partial charge in [-0.3, -0.25) is 18.6 Å². The molecule has 9 nitrogen and oxygen atoms in total. The number of nitrogens with one attached hydrogen (secondary N) is 1. The van der Waals surface area contributed by atoms with E-state index in [1.165, 1.54) is 70.6 Å². The summed E-state index contributed by atoms with van der Waals surface area (Å²) in [6.07, 6.45) is 49.6. The number of carbonyl (C=O) groups is 2. The quantitative estimate of drug-likeness (QED) is 0.0270. The average molecular weight is 806 g/mol. The fourth-order valence-corrected chi connectivity index (χ4v) is 6.33. The predicted molar refractivity (Wildman–Crippen MR) is 233 cm³/mol. The topological polar surface area (TPSA) is 120 Å². The highest BCUT2D eigenvalue weighted by atomic mass is 31.2. The Balaban J connectivity index is 4.34. The third-order valence-electron chi connectivity index (χ3n) is 8.85. The number of hydrogen-bond donors (Lipinski definition) is 2. The van der Waals surface area contributed by atoms with Crippen molar-refractivity contribution in [3.05, 3.63) is 72.9 Å². The van der Waals surface area contributed by atoms with Crippen LogP contribution in [-0.2, 0) is 32.7 Å². The number of esters is 2. The summed E-state index contributed by atoms with van der Waals surface area (Å²) in [5, 5.41) is 2.82. The number of rotatable bonds is 40. The first kappa shape index (κ1) is 53.5. The Morgan fingerprint density at radius 3 is 1.48 bits per heavy atom. The molecule has 0 aliphatic carbocycles. The molecule has 0 amide bonds. The smallest absolute Gasteiger partial charge is 0.462 e. The first-order chi connectivity index (χ1) is 27.3. The monoisotopic (exact) mass is 806 g/mol. The summed E-state index contributed by atoms with van der Waals surface area (Å²) >= 11 is 0. The van der Waals surface area contributed by atoms with E-state index < -0.39 is 32.5 Å². The summed E-state index contributed by atoms with van der Waals surface area (Å²) in [4.78, 5) is 35.0. The van der Waals surface area contributed by atoms with E-state index in [9.17, 15) is 19.0 Å². The number of likely N-dealkylation sites (N-methyl/N-ethyl adjacent to an activating group) is 1. The predicted octanol–water partition coefficient (Wildman–Crippen LogP) is 12.5. The lowest BCUT2D eigenvalue weighted by atomic mass is 10.0. The van der Waals surface area contributed by atoms with E-state index in [1.54, 1.807) is 7.05 Å². The molecule has 0 aromatic carbocycles. The lowest BCUT2D eigenvalue weighted by Gasteiger charge is -2.20. The van der Waals surface area contributed by atoms with Crippen molar-refractivity contribution < 1.29 is 37.6 Å². The van der Waals surface area contributed by atoms with Crippen molar-refractivity contribution in [3.8, 4) is 0 Å². The number of unbranched alkanes of at least 4 members (excludes halogenated alkanes) is 14. The van der Waals surface area contributed by atoms with Crippen molar-refractivity contribution in [2.24, 2.45) is 0 Å². The molecule has 0 fully saturated rings. The van der Waals surface area contributed by atoms with Crippen LogP contribution < -0.4 is 5.32 Å². The van der Waals surface area contributed by atoms with Gasteiger partial charge < -0.3 is 19.7 Å². The Labute approximate surface area is 342 Å². The van der Waals surface area contributed by atoms with Gasteiger partial charge in [0.2, 0.25) is 0 Å². The third kappa shape index (κ3) is 41.1. The van der Waals surface area contributed by atoms with E-state index in [2.05, 4.69) is 79.9 Å². The fraction of sp³-hybridized carbons (Fsp3) is 0.696. The van der Waals surface area contributed by atoms with Crippen molar-refractivity contribution in [2.45, 2.75) is 174 Å². The standard InChI is InChI=1S/C46H80NO8P/c1-4-6-8-10-12-14-16-18-20-21-22-23-25-26-28-30-32-34-36-38-45(48)52-42-44(43-54-56(50,51)53-41-40-47-3)55-46(49)39-37-35-33-31-29-27-24-19-17-15-13-11-9-7-5-2/h6,8,12,14,18,20,22-23,26,28,32,34,44,47H,4-5,7,9-11,13,15-17,19,21,24-25,27,29-31,33,35-43H2,1-3H3,(H,50,51)/b8-6-,14-12-,20-18-,23-22-,28-26-,34-32-. The third-order valence-corrected chi connectivity index (χ3v) is 9.84. The molecule has 0 heterocycles. The van der Waals surface area contributed by atoms with Crippen LogP contribution in [0.15, 0.2) is 72.9 Å². The number of phosphoric acid groups is 1. The summed E-state index contributed by atoms with van der Waals surface area (Å²) in [7, 11) is -2.68. The SMILES string of the molecule is CC/C=C\C/C=C\C/C=C\C/C=C\C/C=C\C/C=C\CCC(=O)OCC(COP(=O)(O)OCCNC)OC(=O)CCCCCCCCCCCCCCCCC. The van der Waals surface area contributed by atoms with Crippen molar-refractivity contribution in [2.75, 3.05) is 33.4 Å². The van der Waals surface area contributed by atoms with Crippen LogP contribution in [0.2, 0.25) is 0 Å². The van der Waals surface area contributed by atoms with Gasteiger partial charge >= 0.3 is 19.8 Å². The van der Waals surface area contributed by atoms with Crippen LogP contribution in [0.4, 0.5) is 0 Å². The van der Waals surface area contributed by atoms with E-state index in [-0.39, 0.29) is 26.1 Å². The van der Waals surface area contributed by atoms with Gasteiger partial charge in [-0.15, -0.1) is 0 Å². The number of phosphoric ester groups is 1. The first-order valence-electron chi connectivity index (χ1n) is 21.9. The molecule has 0 aromatic heterocycles. The molecular weight excluding hydrogens is 725 g/mol. The van der Waals surface area contributed by atoms with E-state index in [4.69, 9.17) is 18.5 Å². The van der Waals surface area contributed by atoms with E-state index in [1.807, 2.05) is 12.2 Å².